The molecule has 2 heteroatoms. The molecule has 1 nitrogen and oxygen atoms in total. The minimum absolute atomic E-state index is 0.148. The molecule has 0 saturated carbocycles. The SMILES string of the molecule is C=CC(Cl)NCc1ccccc1. The number of hydrogen-bond donors (Lipinski definition) is 1. The molecule has 0 saturated heterocycles. The maximum Gasteiger partial charge on any atom is 0.101 e. The van der Waals surface area contributed by atoms with E-state index in [1.54, 1.807) is 6.08 Å². The number of benzene rings is 1. The average molecular weight is 182 g/mol. The summed E-state index contributed by atoms with van der Waals surface area (Å²) in [4.78, 5) is 0. The molecule has 1 aromatic carbocycles. The Morgan fingerprint density at radius 3 is 2.67 bits per heavy atom. The van der Waals surface area contributed by atoms with Crippen LogP contribution in [0, 0.1) is 0 Å². The van der Waals surface area contributed by atoms with Crippen LogP contribution in [0.5, 0.6) is 0 Å². The topological polar surface area (TPSA) is 12.0 Å². The van der Waals surface area contributed by atoms with E-state index in [2.05, 4.69) is 24.0 Å². The van der Waals surface area contributed by atoms with Gasteiger partial charge >= 0.3 is 0 Å². The Labute approximate surface area is 78.1 Å². The Kier molecular flexibility index (Phi) is 3.85. The van der Waals surface area contributed by atoms with E-state index < -0.39 is 0 Å². The molecule has 0 radical (unpaired) electrons. The highest BCUT2D eigenvalue weighted by molar-refractivity contribution is 6.21. The van der Waals surface area contributed by atoms with E-state index in [0.29, 0.717) is 0 Å². The zero-order chi connectivity index (χ0) is 8.81. The minimum Gasteiger partial charge on any atom is -0.294 e. The molecule has 1 aromatic rings. The van der Waals surface area contributed by atoms with Crippen LogP contribution in [-0.4, -0.2) is 5.50 Å². The van der Waals surface area contributed by atoms with Crippen molar-refractivity contribution in [3.8, 4) is 0 Å². The van der Waals surface area contributed by atoms with Crippen molar-refractivity contribution < 1.29 is 0 Å². The highest BCUT2D eigenvalue weighted by Gasteiger charge is 1.96. The Bertz CT molecular complexity index is 233. The van der Waals surface area contributed by atoms with Gasteiger partial charge in [-0.05, 0) is 5.56 Å². The molecule has 0 spiro atoms. The Morgan fingerprint density at radius 2 is 2.08 bits per heavy atom. The molecule has 1 atom stereocenters. The van der Waals surface area contributed by atoms with Gasteiger partial charge in [0, 0.05) is 6.54 Å². The third-order valence-corrected chi connectivity index (χ3v) is 1.88. The number of nitrogens with one attached hydrogen (secondary N) is 1. The minimum atomic E-state index is -0.148. The second-order valence-electron chi connectivity index (χ2n) is 2.50. The number of rotatable bonds is 4. The summed E-state index contributed by atoms with van der Waals surface area (Å²) in [7, 11) is 0. The highest BCUT2D eigenvalue weighted by Crippen LogP contribution is 1.99. The van der Waals surface area contributed by atoms with Crippen LogP contribution >= 0.6 is 11.6 Å². The van der Waals surface area contributed by atoms with E-state index in [4.69, 9.17) is 11.6 Å². The first-order chi connectivity index (χ1) is 5.83. The fourth-order valence-electron chi connectivity index (χ4n) is 0.895. The first kappa shape index (κ1) is 9.30. The van der Waals surface area contributed by atoms with Crippen molar-refractivity contribution in [1.29, 1.82) is 0 Å². The van der Waals surface area contributed by atoms with E-state index in [-0.39, 0.29) is 5.50 Å². The lowest BCUT2D eigenvalue weighted by molar-refractivity contribution is 0.719. The van der Waals surface area contributed by atoms with Crippen molar-refractivity contribution in [3.63, 3.8) is 0 Å². The summed E-state index contributed by atoms with van der Waals surface area (Å²) in [5.41, 5.74) is 1.08. The summed E-state index contributed by atoms with van der Waals surface area (Å²) in [5, 5.41) is 3.10. The molecule has 0 aliphatic carbocycles. The normalized spacial score (nSPS) is 12.4. The second kappa shape index (κ2) is 4.96. The summed E-state index contributed by atoms with van der Waals surface area (Å²) >= 11 is 5.79. The average Bonchev–Trinajstić information content (AvgIpc) is 2.16. The van der Waals surface area contributed by atoms with Crippen LogP contribution in [-0.2, 0) is 6.54 Å². The highest BCUT2D eigenvalue weighted by atomic mass is 35.5. The molecule has 0 heterocycles. The first-order valence-corrected chi connectivity index (χ1v) is 4.30. The largest absolute Gasteiger partial charge is 0.294 e. The van der Waals surface area contributed by atoms with Gasteiger partial charge in [-0.1, -0.05) is 36.4 Å². The van der Waals surface area contributed by atoms with Gasteiger partial charge in [-0.15, -0.1) is 18.2 Å². The van der Waals surface area contributed by atoms with E-state index in [9.17, 15) is 0 Å². The van der Waals surface area contributed by atoms with Gasteiger partial charge in [0.2, 0.25) is 0 Å². The summed E-state index contributed by atoms with van der Waals surface area (Å²) in [5.74, 6) is 0. The summed E-state index contributed by atoms with van der Waals surface area (Å²) in [6.45, 7) is 4.36. The van der Waals surface area contributed by atoms with Crippen molar-refractivity contribution in [2.45, 2.75) is 12.0 Å². The fourth-order valence-corrected chi connectivity index (χ4v) is 0.972. The van der Waals surface area contributed by atoms with Gasteiger partial charge < -0.3 is 0 Å². The monoisotopic (exact) mass is 181 g/mol. The molecule has 1 N–H and O–H groups in total. The molecule has 0 fully saturated rings. The van der Waals surface area contributed by atoms with Gasteiger partial charge in [-0.2, -0.15) is 0 Å². The third-order valence-electron chi connectivity index (χ3n) is 1.55. The molecule has 64 valence electrons. The Morgan fingerprint density at radius 1 is 1.42 bits per heavy atom. The molecular weight excluding hydrogens is 170 g/mol. The van der Waals surface area contributed by atoms with Crippen LogP contribution in [0.2, 0.25) is 0 Å². The second-order valence-corrected chi connectivity index (χ2v) is 2.97. The molecule has 0 amide bonds. The lowest BCUT2D eigenvalue weighted by Gasteiger charge is -2.06. The predicted molar refractivity (Wildman–Crippen MR) is 53.1 cm³/mol. The van der Waals surface area contributed by atoms with Crippen LogP contribution < -0.4 is 5.32 Å². The number of hydrogen-bond acceptors (Lipinski definition) is 1. The zero-order valence-electron chi connectivity index (χ0n) is 6.83. The maximum absolute atomic E-state index is 5.79. The van der Waals surface area contributed by atoms with Crippen molar-refractivity contribution in [1.82, 2.24) is 5.32 Å². The molecule has 0 bridgehead atoms. The van der Waals surface area contributed by atoms with Crippen LogP contribution in [0.1, 0.15) is 5.56 Å². The Balaban J connectivity index is 2.38. The van der Waals surface area contributed by atoms with Gasteiger partial charge in [0.1, 0.15) is 5.50 Å². The van der Waals surface area contributed by atoms with Crippen LogP contribution in [0.25, 0.3) is 0 Å². The van der Waals surface area contributed by atoms with Crippen LogP contribution in [0.3, 0.4) is 0 Å². The smallest absolute Gasteiger partial charge is 0.101 e. The molecule has 12 heavy (non-hydrogen) atoms. The van der Waals surface area contributed by atoms with Gasteiger partial charge in [0.25, 0.3) is 0 Å². The van der Waals surface area contributed by atoms with Crippen LogP contribution in [0.15, 0.2) is 43.0 Å². The van der Waals surface area contributed by atoms with Crippen molar-refractivity contribution >= 4 is 11.6 Å². The van der Waals surface area contributed by atoms with E-state index >= 15 is 0 Å². The quantitative estimate of drug-likeness (QED) is 0.428. The summed E-state index contributed by atoms with van der Waals surface area (Å²) in [6, 6.07) is 10.1. The number of halogens is 1. The Hall–Kier alpha value is -0.790. The van der Waals surface area contributed by atoms with Gasteiger partial charge in [-0.3, -0.25) is 5.32 Å². The number of alkyl halides is 1. The molecule has 0 aliphatic heterocycles. The van der Waals surface area contributed by atoms with E-state index in [0.717, 1.165) is 6.54 Å². The summed E-state index contributed by atoms with van der Waals surface area (Å²) < 4.78 is 0. The van der Waals surface area contributed by atoms with Gasteiger partial charge in [0.05, 0.1) is 0 Å². The molecule has 1 unspecified atom stereocenters. The zero-order valence-corrected chi connectivity index (χ0v) is 7.59. The van der Waals surface area contributed by atoms with E-state index in [1.807, 2.05) is 18.2 Å². The molecule has 0 aliphatic rings. The fraction of sp³-hybridized carbons (Fsp3) is 0.200. The van der Waals surface area contributed by atoms with Crippen molar-refractivity contribution in [3.05, 3.63) is 48.6 Å². The lowest BCUT2D eigenvalue weighted by atomic mass is 10.2. The molecule has 0 aromatic heterocycles. The van der Waals surface area contributed by atoms with Gasteiger partial charge in [-0.25, -0.2) is 0 Å². The predicted octanol–water partition coefficient (Wildman–Crippen LogP) is 2.53. The third kappa shape index (κ3) is 3.07. The standard InChI is InChI=1S/C10H12ClN/c1-2-10(11)12-8-9-6-4-3-5-7-9/h2-7,10,12H,1,8H2. The first-order valence-electron chi connectivity index (χ1n) is 3.87. The molecular formula is C10H12ClN. The van der Waals surface area contributed by atoms with Crippen molar-refractivity contribution in [2.24, 2.45) is 0 Å². The maximum atomic E-state index is 5.79. The van der Waals surface area contributed by atoms with Crippen LogP contribution in [0.4, 0.5) is 0 Å². The summed E-state index contributed by atoms with van der Waals surface area (Å²) in [6.07, 6.45) is 1.67. The van der Waals surface area contributed by atoms with E-state index in [1.165, 1.54) is 5.56 Å². The lowest BCUT2D eigenvalue weighted by Crippen LogP contribution is -2.20. The van der Waals surface area contributed by atoms with Gasteiger partial charge in [0.15, 0.2) is 0 Å². The molecule has 1 rings (SSSR count). The van der Waals surface area contributed by atoms with Crippen molar-refractivity contribution in [2.75, 3.05) is 0 Å².